The molecule has 0 aromatic carbocycles. The standard InChI is InChI=1S/C14H16/c1-2-6-12-10-14-8-4-3-7-13(14)9-11(12)5-1/h1-8,11-14H,9-10H2. The van der Waals surface area contributed by atoms with Crippen LogP contribution >= 0.6 is 0 Å². The summed E-state index contributed by atoms with van der Waals surface area (Å²) in [5, 5.41) is 0. The summed E-state index contributed by atoms with van der Waals surface area (Å²) < 4.78 is 0. The molecule has 3 rings (SSSR count). The summed E-state index contributed by atoms with van der Waals surface area (Å²) in [6.45, 7) is 0. The second-order valence-electron chi connectivity index (χ2n) is 4.67. The quantitative estimate of drug-likeness (QED) is 0.540. The van der Waals surface area contributed by atoms with Crippen LogP contribution < -0.4 is 0 Å². The predicted molar refractivity (Wildman–Crippen MR) is 59.8 cm³/mol. The van der Waals surface area contributed by atoms with Gasteiger partial charge in [0.05, 0.1) is 0 Å². The van der Waals surface area contributed by atoms with Gasteiger partial charge in [-0.1, -0.05) is 48.6 Å². The molecule has 3 aliphatic rings. The zero-order valence-corrected chi connectivity index (χ0v) is 8.34. The lowest BCUT2D eigenvalue weighted by molar-refractivity contribution is 0.229. The van der Waals surface area contributed by atoms with Crippen LogP contribution in [0.5, 0.6) is 0 Å². The number of rotatable bonds is 0. The van der Waals surface area contributed by atoms with Crippen molar-refractivity contribution in [2.75, 3.05) is 0 Å². The summed E-state index contributed by atoms with van der Waals surface area (Å²) in [6.07, 6.45) is 21.1. The Morgan fingerprint density at radius 3 is 1.07 bits per heavy atom. The second kappa shape index (κ2) is 3.27. The molecule has 3 aliphatic carbocycles. The van der Waals surface area contributed by atoms with Gasteiger partial charge in [-0.15, -0.1) is 0 Å². The molecule has 1 saturated carbocycles. The van der Waals surface area contributed by atoms with E-state index in [-0.39, 0.29) is 0 Å². The number of hydrogen-bond donors (Lipinski definition) is 0. The lowest BCUT2D eigenvalue weighted by atomic mass is 9.66. The molecule has 0 aromatic heterocycles. The highest BCUT2D eigenvalue weighted by molar-refractivity contribution is 5.22. The Bertz CT molecular complexity index is 264. The van der Waals surface area contributed by atoms with Crippen molar-refractivity contribution in [1.29, 1.82) is 0 Å². The van der Waals surface area contributed by atoms with Crippen molar-refractivity contribution in [1.82, 2.24) is 0 Å². The highest BCUT2D eigenvalue weighted by Crippen LogP contribution is 2.42. The van der Waals surface area contributed by atoms with Crippen LogP contribution in [0.15, 0.2) is 48.6 Å². The van der Waals surface area contributed by atoms with E-state index in [1.807, 2.05) is 0 Å². The van der Waals surface area contributed by atoms with Crippen molar-refractivity contribution in [2.45, 2.75) is 12.8 Å². The topological polar surface area (TPSA) is 0 Å². The average Bonchev–Trinajstić information content (AvgIpc) is 2.26. The lowest BCUT2D eigenvalue weighted by Gasteiger charge is -2.39. The van der Waals surface area contributed by atoms with E-state index in [0.29, 0.717) is 0 Å². The normalized spacial score (nSPS) is 43.4. The Hall–Kier alpha value is -1.04. The van der Waals surface area contributed by atoms with Crippen LogP contribution in [-0.4, -0.2) is 0 Å². The maximum absolute atomic E-state index is 2.40. The summed E-state index contributed by atoms with van der Waals surface area (Å²) in [4.78, 5) is 0. The highest BCUT2D eigenvalue weighted by Gasteiger charge is 2.33. The summed E-state index contributed by atoms with van der Waals surface area (Å²) in [6, 6.07) is 0. The first-order chi connectivity index (χ1) is 6.93. The third kappa shape index (κ3) is 1.30. The van der Waals surface area contributed by atoms with E-state index >= 15 is 0 Å². The fraction of sp³-hybridized carbons (Fsp3) is 0.429. The van der Waals surface area contributed by atoms with E-state index in [0.717, 1.165) is 23.7 Å². The second-order valence-corrected chi connectivity index (χ2v) is 4.67. The van der Waals surface area contributed by atoms with Gasteiger partial charge in [0.15, 0.2) is 0 Å². The van der Waals surface area contributed by atoms with Crippen molar-refractivity contribution in [3.8, 4) is 0 Å². The third-order valence-corrected chi connectivity index (χ3v) is 3.84. The minimum atomic E-state index is 0.803. The van der Waals surface area contributed by atoms with Crippen molar-refractivity contribution in [2.24, 2.45) is 23.7 Å². The Labute approximate surface area is 85.7 Å². The van der Waals surface area contributed by atoms with Crippen LogP contribution in [0.1, 0.15) is 12.8 Å². The molecule has 1 fully saturated rings. The molecule has 0 nitrogen and oxygen atoms in total. The molecule has 72 valence electrons. The molecule has 4 atom stereocenters. The van der Waals surface area contributed by atoms with Gasteiger partial charge in [-0.05, 0) is 36.5 Å². The first kappa shape index (κ1) is 8.28. The molecule has 0 radical (unpaired) electrons. The molecule has 14 heavy (non-hydrogen) atoms. The molecule has 0 amide bonds. The van der Waals surface area contributed by atoms with Crippen molar-refractivity contribution >= 4 is 0 Å². The van der Waals surface area contributed by atoms with Crippen LogP contribution in [0.25, 0.3) is 0 Å². The largest absolute Gasteiger partial charge is 0.0808 e. The molecule has 0 bridgehead atoms. The molecule has 0 N–H and O–H groups in total. The van der Waals surface area contributed by atoms with Gasteiger partial charge in [0.25, 0.3) is 0 Å². The van der Waals surface area contributed by atoms with E-state index in [2.05, 4.69) is 48.6 Å². The SMILES string of the molecule is C1=CC2CC3C=CC=CC3CC2C=C1. The predicted octanol–water partition coefficient (Wildman–Crippen LogP) is 3.50. The number of hydrogen-bond acceptors (Lipinski definition) is 0. The molecule has 0 aliphatic heterocycles. The Morgan fingerprint density at radius 2 is 0.786 bits per heavy atom. The molecule has 4 unspecified atom stereocenters. The van der Waals surface area contributed by atoms with Crippen molar-refractivity contribution in [3.63, 3.8) is 0 Å². The van der Waals surface area contributed by atoms with E-state index in [1.54, 1.807) is 0 Å². The Morgan fingerprint density at radius 1 is 0.500 bits per heavy atom. The van der Waals surface area contributed by atoms with Crippen molar-refractivity contribution in [3.05, 3.63) is 48.6 Å². The van der Waals surface area contributed by atoms with Gasteiger partial charge in [0.2, 0.25) is 0 Å². The van der Waals surface area contributed by atoms with Gasteiger partial charge in [-0.25, -0.2) is 0 Å². The smallest absolute Gasteiger partial charge is 0.0161 e. The lowest BCUT2D eigenvalue weighted by Crippen LogP contribution is -2.29. The zero-order chi connectivity index (χ0) is 9.38. The summed E-state index contributed by atoms with van der Waals surface area (Å²) in [5.41, 5.74) is 0. The first-order valence-electron chi connectivity index (χ1n) is 5.63. The molecule has 0 heterocycles. The summed E-state index contributed by atoms with van der Waals surface area (Å²) >= 11 is 0. The summed E-state index contributed by atoms with van der Waals surface area (Å²) in [5.74, 6) is 3.21. The number of allylic oxidation sites excluding steroid dienone is 8. The van der Waals surface area contributed by atoms with Crippen molar-refractivity contribution < 1.29 is 0 Å². The fourth-order valence-corrected chi connectivity index (χ4v) is 3.04. The number of fused-ring (bicyclic) bond motifs is 2. The van der Waals surface area contributed by atoms with Gasteiger partial charge in [-0.3, -0.25) is 0 Å². The van der Waals surface area contributed by atoms with Crippen LogP contribution in [0.3, 0.4) is 0 Å². The Kier molecular flexibility index (Phi) is 1.93. The van der Waals surface area contributed by atoms with Crippen LogP contribution in [0.4, 0.5) is 0 Å². The maximum Gasteiger partial charge on any atom is -0.0161 e. The minimum absolute atomic E-state index is 0.803. The van der Waals surface area contributed by atoms with Crippen LogP contribution in [-0.2, 0) is 0 Å². The molecule has 0 aromatic rings. The fourth-order valence-electron chi connectivity index (χ4n) is 3.04. The molecule has 0 heteroatoms. The highest BCUT2D eigenvalue weighted by atomic mass is 14.4. The average molecular weight is 184 g/mol. The van der Waals surface area contributed by atoms with E-state index in [1.165, 1.54) is 12.8 Å². The Balaban J connectivity index is 1.83. The molecule has 0 spiro atoms. The molecular formula is C14H16. The maximum atomic E-state index is 2.40. The monoisotopic (exact) mass is 184 g/mol. The van der Waals surface area contributed by atoms with Crippen LogP contribution in [0.2, 0.25) is 0 Å². The van der Waals surface area contributed by atoms with E-state index in [9.17, 15) is 0 Å². The van der Waals surface area contributed by atoms with Gasteiger partial charge in [0.1, 0.15) is 0 Å². The zero-order valence-electron chi connectivity index (χ0n) is 8.34. The van der Waals surface area contributed by atoms with Gasteiger partial charge < -0.3 is 0 Å². The van der Waals surface area contributed by atoms with Gasteiger partial charge >= 0.3 is 0 Å². The third-order valence-electron chi connectivity index (χ3n) is 3.84. The van der Waals surface area contributed by atoms with Gasteiger partial charge in [0, 0.05) is 0 Å². The van der Waals surface area contributed by atoms with Gasteiger partial charge in [-0.2, -0.15) is 0 Å². The van der Waals surface area contributed by atoms with E-state index < -0.39 is 0 Å². The molecule has 0 saturated heterocycles. The summed E-state index contributed by atoms with van der Waals surface area (Å²) in [7, 11) is 0. The van der Waals surface area contributed by atoms with E-state index in [4.69, 9.17) is 0 Å². The first-order valence-corrected chi connectivity index (χ1v) is 5.63. The minimum Gasteiger partial charge on any atom is -0.0808 e. The molecular weight excluding hydrogens is 168 g/mol. The van der Waals surface area contributed by atoms with Crippen LogP contribution in [0, 0.1) is 23.7 Å².